The van der Waals surface area contributed by atoms with Crippen molar-refractivity contribution in [3.05, 3.63) is 30.2 Å². The molecule has 0 radical (unpaired) electrons. The second kappa shape index (κ2) is 3.04. The highest BCUT2D eigenvalue weighted by Gasteiger charge is 2.01. The van der Waals surface area contributed by atoms with Gasteiger partial charge in [0, 0.05) is 10.7 Å². The van der Waals surface area contributed by atoms with Gasteiger partial charge in [-0.2, -0.15) is 0 Å². The molecule has 0 aromatic carbocycles. The van der Waals surface area contributed by atoms with Crippen LogP contribution in [0.5, 0.6) is 0 Å². The molecular weight excluding hydrogens is 309 g/mol. The van der Waals surface area contributed by atoms with E-state index in [2.05, 4.69) is 20.9 Å². The monoisotopic (exact) mass is 313 g/mol. The molecule has 0 amide bonds. The lowest BCUT2D eigenvalue weighted by Crippen LogP contribution is -2.10. The fourth-order valence-electron chi connectivity index (χ4n) is 0.576. The van der Waals surface area contributed by atoms with E-state index in [1.807, 2.05) is 29.5 Å². The number of nitrogens with one attached hydrogen (secondary N) is 1. The molecule has 0 saturated heterocycles. The van der Waals surface area contributed by atoms with Crippen LogP contribution >= 0.6 is 38.5 Å². The van der Waals surface area contributed by atoms with Crippen LogP contribution in [-0.2, 0) is 0 Å². The standard InChI is InChI=1S/C6H5BrINO/c1-3-4(7)2-9-6(10)5(3)8/h2H,1H3,(H,9,10). The van der Waals surface area contributed by atoms with Gasteiger partial charge in [-0.05, 0) is 51.0 Å². The zero-order valence-electron chi connectivity index (χ0n) is 5.24. The summed E-state index contributed by atoms with van der Waals surface area (Å²) in [5, 5.41) is 0. The SMILES string of the molecule is Cc1c(Br)c[nH]c(=O)c1I. The third kappa shape index (κ3) is 1.42. The quantitative estimate of drug-likeness (QED) is 0.731. The number of rotatable bonds is 0. The average Bonchev–Trinajstić information content (AvgIpc) is 1.93. The van der Waals surface area contributed by atoms with Gasteiger partial charge in [-0.15, -0.1) is 0 Å². The lowest BCUT2D eigenvalue weighted by molar-refractivity contribution is 1.16. The molecule has 1 heterocycles. The molecule has 1 rings (SSSR count). The van der Waals surface area contributed by atoms with Crippen molar-refractivity contribution < 1.29 is 0 Å². The molecule has 2 nitrogen and oxygen atoms in total. The Hall–Kier alpha value is 0.160. The molecule has 0 fully saturated rings. The van der Waals surface area contributed by atoms with Gasteiger partial charge in [-0.1, -0.05) is 0 Å². The van der Waals surface area contributed by atoms with Crippen molar-refractivity contribution in [1.82, 2.24) is 4.98 Å². The molecule has 0 aliphatic heterocycles. The minimum absolute atomic E-state index is 0.0266. The minimum Gasteiger partial charge on any atom is -0.327 e. The Labute approximate surface area is 80.3 Å². The molecule has 1 aromatic rings. The predicted octanol–water partition coefficient (Wildman–Crippen LogP) is 2.05. The number of halogens is 2. The summed E-state index contributed by atoms with van der Waals surface area (Å²) in [5.41, 5.74) is 0.964. The lowest BCUT2D eigenvalue weighted by atomic mass is 10.3. The molecule has 0 unspecified atom stereocenters. The van der Waals surface area contributed by atoms with E-state index in [0.29, 0.717) is 0 Å². The van der Waals surface area contributed by atoms with Crippen molar-refractivity contribution in [2.24, 2.45) is 0 Å². The van der Waals surface area contributed by atoms with Gasteiger partial charge >= 0.3 is 0 Å². The average molecular weight is 314 g/mol. The highest BCUT2D eigenvalue weighted by Crippen LogP contribution is 2.15. The summed E-state index contributed by atoms with van der Waals surface area (Å²) in [6.45, 7) is 1.90. The number of pyridine rings is 1. The first-order valence-electron chi connectivity index (χ1n) is 2.66. The molecule has 0 atom stereocenters. The molecule has 1 aromatic heterocycles. The fraction of sp³-hybridized carbons (Fsp3) is 0.167. The van der Waals surface area contributed by atoms with Crippen LogP contribution < -0.4 is 5.56 Å². The van der Waals surface area contributed by atoms with Gasteiger partial charge in [-0.3, -0.25) is 4.79 Å². The second-order valence-electron chi connectivity index (χ2n) is 1.90. The number of hydrogen-bond acceptors (Lipinski definition) is 1. The van der Waals surface area contributed by atoms with Crippen LogP contribution in [0.15, 0.2) is 15.5 Å². The summed E-state index contributed by atoms with van der Waals surface area (Å²) in [5.74, 6) is 0. The highest BCUT2D eigenvalue weighted by molar-refractivity contribution is 14.1. The Morgan fingerprint density at radius 2 is 2.30 bits per heavy atom. The molecule has 0 bridgehead atoms. The lowest BCUT2D eigenvalue weighted by Gasteiger charge is -1.97. The van der Waals surface area contributed by atoms with Gasteiger partial charge in [0.05, 0.1) is 3.57 Å². The second-order valence-corrected chi connectivity index (χ2v) is 3.84. The Balaban J connectivity index is 3.49. The maximum absolute atomic E-state index is 10.9. The van der Waals surface area contributed by atoms with Gasteiger partial charge in [0.2, 0.25) is 0 Å². The Kier molecular flexibility index (Phi) is 2.51. The molecule has 0 saturated carbocycles. The van der Waals surface area contributed by atoms with Crippen LogP contribution in [0.4, 0.5) is 0 Å². The van der Waals surface area contributed by atoms with E-state index in [-0.39, 0.29) is 5.56 Å². The van der Waals surface area contributed by atoms with Crippen molar-refractivity contribution in [1.29, 1.82) is 0 Å². The van der Waals surface area contributed by atoms with Crippen LogP contribution in [0.3, 0.4) is 0 Å². The van der Waals surface area contributed by atoms with E-state index in [1.54, 1.807) is 6.20 Å². The molecule has 0 spiro atoms. The van der Waals surface area contributed by atoms with E-state index < -0.39 is 0 Å². The summed E-state index contributed by atoms with van der Waals surface area (Å²) in [6, 6.07) is 0. The first kappa shape index (κ1) is 8.26. The first-order valence-corrected chi connectivity index (χ1v) is 4.53. The predicted molar refractivity (Wildman–Crippen MR) is 52.2 cm³/mol. The van der Waals surface area contributed by atoms with Crippen LogP contribution in [0.1, 0.15) is 5.56 Å². The molecule has 0 aliphatic carbocycles. The van der Waals surface area contributed by atoms with Gasteiger partial charge in [-0.25, -0.2) is 0 Å². The minimum atomic E-state index is -0.0266. The molecule has 1 N–H and O–H groups in total. The maximum atomic E-state index is 10.9. The topological polar surface area (TPSA) is 32.9 Å². The van der Waals surface area contributed by atoms with E-state index in [0.717, 1.165) is 13.6 Å². The van der Waals surface area contributed by atoms with Crippen molar-refractivity contribution in [3.63, 3.8) is 0 Å². The third-order valence-electron chi connectivity index (χ3n) is 1.22. The van der Waals surface area contributed by atoms with Gasteiger partial charge in [0.25, 0.3) is 5.56 Å². The van der Waals surface area contributed by atoms with E-state index in [9.17, 15) is 4.79 Å². The van der Waals surface area contributed by atoms with E-state index in [1.165, 1.54) is 0 Å². The van der Waals surface area contributed by atoms with Crippen molar-refractivity contribution in [2.45, 2.75) is 6.92 Å². The molecule has 4 heteroatoms. The summed E-state index contributed by atoms with van der Waals surface area (Å²) < 4.78 is 1.68. The maximum Gasteiger partial charge on any atom is 0.261 e. The van der Waals surface area contributed by atoms with Crippen molar-refractivity contribution in [2.75, 3.05) is 0 Å². The molecular formula is C6H5BrINO. The molecule has 10 heavy (non-hydrogen) atoms. The van der Waals surface area contributed by atoms with Crippen LogP contribution in [0, 0.1) is 10.5 Å². The number of hydrogen-bond donors (Lipinski definition) is 1. The van der Waals surface area contributed by atoms with Gasteiger partial charge < -0.3 is 4.98 Å². The van der Waals surface area contributed by atoms with Crippen LogP contribution in [0.2, 0.25) is 0 Å². The van der Waals surface area contributed by atoms with E-state index in [4.69, 9.17) is 0 Å². The van der Waals surface area contributed by atoms with Gasteiger partial charge in [0.1, 0.15) is 0 Å². The normalized spacial score (nSPS) is 9.90. The van der Waals surface area contributed by atoms with Crippen molar-refractivity contribution in [3.8, 4) is 0 Å². The smallest absolute Gasteiger partial charge is 0.261 e. The third-order valence-corrected chi connectivity index (χ3v) is 3.34. The largest absolute Gasteiger partial charge is 0.327 e. The van der Waals surface area contributed by atoms with Crippen molar-refractivity contribution >= 4 is 38.5 Å². The van der Waals surface area contributed by atoms with Crippen LogP contribution in [-0.4, -0.2) is 4.98 Å². The Morgan fingerprint density at radius 3 is 2.80 bits per heavy atom. The zero-order chi connectivity index (χ0) is 7.72. The van der Waals surface area contributed by atoms with E-state index >= 15 is 0 Å². The Bertz CT molecular complexity index is 307. The van der Waals surface area contributed by atoms with Crippen LogP contribution in [0.25, 0.3) is 0 Å². The number of aromatic amines is 1. The zero-order valence-corrected chi connectivity index (χ0v) is 8.99. The van der Waals surface area contributed by atoms with Gasteiger partial charge in [0.15, 0.2) is 0 Å². The number of aromatic nitrogens is 1. The summed E-state index contributed by atoms with van der Waals surface area (Å²) >= 11 is 5.33. The number of H-pyrrole nitrogens is 1. The Morgan fingerprint density at radius 1 is 1.70 bits per heavy atom. The first-order chi connectivity index (χ1) is 4.63. The summed E-state index contributed by atoms with van der Waals surface area (Å²) in [7, 11) is 0. The molecule has 0 aliphatic rings. The fourth-order valence-corrected chi connectivity index (χ4v) is 1.71. The highest BCUT2D eigenvalue weighted by atomic mass is 127. The summed E-state index contributed by atoms with van der Waals surface area (Å²) in [6.07, 6.45) is 1.65. The summed E-state index contributed by atoms with van der Waals surface area (Å²) in [4.78, 5) is 13.5. The molecule has 54 valence electrons.